The lowest BCUT2D eigenvalue weighted by molar-refractivity contribution is -0.115. The van der Waals surface area contributed by atoms with Gasteiger partial charge in [0.15, 0.2) is 5.16 Å². The average molecular weight is 462 g/mol. The van der Waals surface area contributed by atoms with E-state index in [1.807, 2.05) is 71.0 Å². The maximum Gasteiger partial charge on any atom is 0.300 e. The van der Waals surface area contributed by atoms with E-state index in [-0.39, 0.29) is 22.4 Å². The van der Waals surface area contributed by atoms with E-state index in [2.05, 4.69) is 15.5 Å². The van der Waals surface area contributed by atoms with Gasteiger partial charge in [0, 0.05) is 23.8 Å². The summed E-state index contributed by atoms with van der Waals surface area (Å²) in [5.74, 6) is -0.0971. The second kappa shape index (κ2) is 9.23. The highest BCUT2D eigenvalue weighted by atomic mass is 32.2. The van der Waals surface area contributed by atoms with Crippen molar-refractivity contribution in [2.24, 2.45) is 0 Å². The maximum atomic E-state index is 13.1. The number of aryl methyl sites for hydroxylation is 4. The summed E-state index contributed by atoms with van der Waals surface area (Å²) in [6, 6.07) is 11.8. The van der Waals surface area contributed by atoms with Crippen molar-refractivity contribution in [2.45, 2.75) is 51.4 Å². The molecule has 0 aliphatic rings. The smallest absolute Gasteiger partial charge is 0.300 e. The Bertz CT molecular complexity index is 1390. The molecule has 0 aliphatic heterocycles. The molecule has 170 valence electrons. The highest BCUT2D eigenvalue weighted by molar-refractivity contribution is 8.00. The molecule has 4 rings (SSSR count). The molecule has 0 bridgehead atoms. The first-order chi connectivity index (χ1) is 15.8. The molecule has 0 fully saturated rings. The van der Waals surface area contributed by atoms with Crippen molar-refractivity contribution in [3.63, 3.8) is 0 Å². The summed E-state index contributed by atoms with van der Waals surface area (Å²) in [6.07, 6.45) is 4.09. The zero-order valence-corrected chi connectivity index (χ0v) is 20.2. The van der Waals surface area contributed by atoms with Gasteiger partial charge < -0.3 is 5.32 Å². The third-order valence-corrected chi connectivity index (χ3v) is 7.17. The van der Waals surface area contributed by atoms with Gasteiger partial charge in [0.05, 0.1) is 5.25 Å². The van der Waals surface area contributed by atoms with Crippen molar-refractivity contribution >= 4 is 29.0 Å². The summed E-state index contributed by atoms with van der Waals surface area (Å²) >= 11 is 1.31. The van der Waals surface area contributed by atoms with E-state index >= 15 is 0 Å². The van der Waals surface area contributed by atoms with Gasteiger partial charge in [-0.15, -0.1) is 10.2 Å². The maximum absolute atomic E-state index is 13.1. The number of thioether (sulfide) groups is 1. The van der Waals surface area contributed by atoms with Crippen molar-refractivity contribution < 1.29 is 4.79 Å². The molecular formula is C25H27N5O2S. The summed E-state index contributed by atoms with van der Waals surface area (Å²) < 4.78 is 3.22. The van der Waals surface area contributed by atoms with Crippen LogP contribution in [0, 0.1) is 27.7 Å². The fourth-order valence-electron chi connectivity index (χ4n) is 3.69. The molecule has 33 heavy (non-hydrogen) atoms. The first kappa shape index (κ1) is 22.8. The van der Waals surface area contributed by atoms with Crippen LogP contribution < -0.4 is 10.9 Å². The number of hydrogen-bond acceptors (Lipinski definition) is 5. The number of anilines is 1. The standard InChI is InChI=1S/C25H27N5O2S/c1-6-20(23(31)26-21-16(3)8-7-9-17(21)4)33-25-28-27-22-24(32)29(12-13-30(22)25)19-11-10-15(2)18(5)14-19/h7-14,20H,6H2,1-5H3,(H,26,31)/t20-/m1/s1. The Morgan fingerprint density at radius 1 is 1.00 bits per heavy atom. The first-order valence-electron chi connectivity index (χ1n) is 10.9. The predicted molar refractivity (Wildman–Crippen MR) is 133 cm³/mol. The van der Waals surface area contributed by atoms with Gasteiger partial charge in [0.2, 0.25) is 11.6 Å². The van der Waals surface area contributed by atoms with Gasteiger partial charge in [-0.2, -0.15) is 0 Å². The van der Waals surface area contributed by atoms with E-state index in [1.54, 1.807) is 21.4 Å². The topological polar surface area (TPSA) is 81.3 Å². The van der Waals surface area contributed by atoms with E-state index in [9.17, 15) is 9.59 Å². The minimum absolute atomic E-state index is 0.0971. The second-order valence-electron chi connectivity index (χ2n) is 8.19. The monoisotopic (exact) mass is 461 g/mol. The highest BCUT2D eigenvalue weighted by Crippen LogP contribution is 2.27. The van der Waals surface area contributed by atoms with Crippen LogP contribution in [0.15, 0.2) is 58.7 Å². The van der Waals surface area contributed by atoms with Gasteiger partial charge in [0.1, 0.15) is 0 Å². The van der Waals surface area contributed by atoms with Gasteiger partial charge in [-0.1, -0.05) is 43.0 Å². The van der Waals surface area contributed by atoms with E-state index in [0.29, 0.717) is 11.6 Å². The van der Waals surface area contributed by atoms with Crippen LogP contribution in [-0.2, 0) is 4.79 Å². The zero-order chi connectivity index (χ0) is 23.7. The second-order valence-corrected chi connectivity index (χ2v) is 9.36. The molecule has 0 spiro atoms. The first-order valence-corrected chi connectivity index (χ1v) is 11.8. The molecule has 0 aliphatic carbocycles. The van der Waals surface area contributed by atoms with Crippen LogP contribution in [0.4, 0.5) is 5.69 Å². The third kappa shape index (κ3) is 4.43. The van der Waals surface area contributed by atoms with Gasteiger partial charge in [-0.3, -0.25) is 18.6 Å². The van der Waals surface area contributed by atoms with Crippen LogP contribution in [-0.4, -0.2) is 30.3 Å². The predicted octanol–water partition coefficient (Wildman–Crippen LogP) is 4.62. The Balaban J connectivity index is 1.62. The van der Waals surface area contributed by atoms with Gasteiger partial charge in [0.25, 0.3) is 0 Å². The minimum Gasteiger partial charge on any atom is -0.325 e. The average Bonchev–Trinajstić information content (AvgIpc) is 3.20. The molecule has 8 heteroatoms. The lowest BCUT2D eigenvalue weighted by Crippen LogP contribution is -2.26. The SMILES string of the molecule is CC[C@@H](Sc1nnc2c(=O)n(-c3ccc(C)c(C)c3)ccn12)C(=O)Nc1c(C)cccc1C. The van der Waals surface area contributed by atoms with Gasteiger partial charge in [-0.05, 0) is 68.5 Å². The fourth-order valence-corrected chi connectivity index (χ4v) is 4.63. The lowest BCUT2D eigenvalue weighted by atomic mass is 10.1. The number of aromatic nitrogens is 4. The molecule has 4 aromatic rings. The van der Waals surface area contributed by atoms with Crippen LogP contribution in [0.3, 0.4) is 0 Å². The molecule has 1 N–H and O–H groups in total. The Morgan fingerprint density at radius 3 is 2.39 bits per heavy atom. The number of para-hydroxylation sites is 1. The quantitative estimate of drug-likeness (QED) is 0.424. The molecule has 7 nitrogen and oxygen atoms in total. The van der Waals surface area contributed by atoms with E-state index in [0.717, 1.165) is 28.1 Å². The number of carbonyl (C=O) groups excluding carboxylic acids is 1. The van der Waals surface area contributed by atoms with Crippen molar-refractivity contribution in [3.05, 3.63) is 81.4 Å². The fraction of sp³-hybridized carbons (Fsp3) is 0.280. The molecule has 1 atom stereocenters. The van der Waals surface area contributed by atoms with Gasteiger partial charge in [-0.25, -0.2) is 0 Å². The minimum atomic E-state index is -0.376. The number of benzene rings is 2. The molecule has 0 radical (unpaired) electrons. The number of nitrogens with one attached hydrogen (secondary N) is 1. The summed E-state index contributed by atoms with van der Waals surface area (Å²) in [5, 5.41) is 11.5. The largest absolute Gasteiger partial charge is 0.325 e. The summed E-state index contributed by atoms with van der Waals surface area (Å²) in [6.45, 7) is 9.96. The zero-order valence-electron chi connectivity index (χ0n) is 19.4. The number of rotatable bonds is 6. The summed E-state index contributed by atoms with van der Waals surface area (Å²) in [5.41, 5.74) is 5.89. The number of hydrogen-bond donors (Lipinski definition) is 1. The molecule has 2 heterocycles. The van der Waals surface area contributed by atoms with Crippen molar-refractivity contribution in [1.29, 1.82) is 0 Å². The molecule has 0 saturated carbocycles. The Hall–Kier alpha value is -3.39. The molecular weight excluding hydrogens is 434 g/mol. The Kier molecular flexibility index (Phi) is 6.37. The van der Waals surface area contributed by atoms with Crippen LogP contribution in [0.1, 0.15) is 35.6 Å². The van der Waals surface area contributed by atoms with Crippen molar-refractivity contribution in [3.8, 4) is 5.69 Å². The molecule has 2 aromatic carbocycles. The summed E-state index contributed by atoms with van der Waals surface area (Å²) in [4.78, 5) is 26.1. The van der Waals surface area contributed by atoms with Crippen LogP contribution in [0.25, 0.3) is 11.3 Å². The van der Waals surface area contributed by atoms with E-state index in [1.165, 1.54) is 17.3 Å². The third-order valence-electron chi connectivity index (χ3n) is 5.85. The Morgan fingerprint density at radius 2 is 1.73 bits per heavy atom. The number of carbonyl (C=O) groups is 1. The van der Waals surface area contributed by atoms with E-state index in [4.69, 9.17) is 0 Å². The summed E-state index contributed by atoms with van der Waals surface area (Å²) in [7, 11) is 0. The van der Waals surface area contributed by atoms with E-state index < -0.39 is 0 Å². The van der Waals surface area contributed by atoms with Crippen molar-refractivity contribution in [2.75, 3.05) is 5.32 Å². The Labute approximate surface area is 196 Å². The highest BCUT2D eigenvalue weighted by Gasteiger charge is 2.23. The molecule has 0 saturated heterocycles. The van der Waals surface area contributed by atoms with Gasteiger partial charge >= 0.3 is 5.56 Å². The van der Waals surface area contributed by atoms with Crippen molar-refractivity contribution in [1.82, 2.24) is 19.2 Å². The number of amides is 1. The van der Waals surface area contributed by atoms with Crippen LogP contribution >= 0.6 is 11.8 Å². The number of nitrogens with zero attached hydrogens (tertiary/aromatic N) is 4. The molecule has 1 amide bonds. The van der Waals surface area contributed by atoms with Crippen LogP contribution in [0.5, 0.6) is 0 Å². The molecule has 0 unspecified atom stereocenters. The number of fused-ring (bicyclic) bond motifs is 1. The lowest BCUT2D eigenvalue weighted by Gasteiger charge is -2.16. The van der Waals surface area contributed by atoms with Crippen LogP contribution in [0.2, 0.25) is 0 Å². The molecule has 2 aromatic heterocycles. The normalized spacial score (nSPS) is 12.2.